The topological polar surface area (TPSA) is 102 Å². The summed E-state index contributed by atoms with van der Waals surface area (Å²) in [4.78, 5) is 34.3. The van der Waals surface area contributed by atoms with Gasteiger partial charge in [0.05, 0.1) is 0 Å². The molecule has 7 heteroatoms. The van der Waals surface area contributed by atoms with Gasteiger partial charge in [-0.3, -0.25) is 10.1 Å². The van der Waals surface area contributed by atoms with Crippen LogP contribution in [-0.2, 0) is 31.9 Å². The van der Waals surface area contributed by atoms with E-state index >= 15 is 0 Å². The maximum Gasteiger partial charge on any atom is 0.412 e. The van der Waals surface area contributed by atoms with Crippen molar-refractivity contribution in [2.45, 2.75) is 52.2 Å². The fourth-order valence-electron chi connectivity index (χ4n) is 2.74. The Bertz CT molecular complexity index is 760. The second kappa shape index (κ2) is 7.59. The Kier molecular flexibility index (Phi) is 5.69. The van der Waals surface area contributed by atoms with Gasteiger partial charge in [-0.05, 0) is 43.5 Å². The Morgan fingerprint density at radius 2 is 1.85 bits per heavy atom. The zero-order valence-corrected chi connectivity index (χ0v) is 15.3. The smallest absolute Gasteiger partial charge is 0.412 e. The summed E-state index contributed by atoms with van der Waals surface area (Å²) in [5.41, 5.74) is 1.67. The van der Waals surface area contributed by atoms with Crippen LogP contribution >= 0.6 is 0 Å². The molecule has 1 aromatic rings. The number of rotatable bonds is 4. The van der Waals surface area contributed by atoms with Crippen molar-refractivity contribution >= 4 is 24.1 Å². The third kappa shape index (κ3) is 5.61. The molecule has 7 nitrogen and oxygen atoms in total. The molecule has 0 radical (unpaired) electrons. The summed E-state index contributed by atoms with van der Waals surface area (Å²) in [5, 5.41) is 11.6. The number of alkyl carbamates (subject to hydrolysis) is 1. The second-order valence-electron chi connectivity index (χ2n) is 7.16. The van der Waals surface area contributed by atoms with E-state index in [4.69, 9.17) is 9.47 Å². The highest BCUT2D eigenvalue weighted by molar-refractivity contribution is 5.95. The van der Waals surface area contributed by atoms with E-state index in [2.05, 4.69) is 5.32 Å². The molecule has 0 heterocycles. The molecule has 1 aromatic carbocycles. The lowest BCUT2D eigenvalue weighted by Crippen LogP contribution is -2.34. The average Bonchev–Trinajstić information content (AvgIpc) is 2.84. The maximum absolute atomic E-state index is 11.8. The highest BCUT2D eigenvalue weighted by atomic mass is 16.6. The number of hydrogen-bond acceptors (Lipinski definition) is 5. The number of fused-ring (bicyclic) bond motifs is 1. The molecular weight excluding hydrogens is 338 g/mol. The summed E-state index contributed by atoms with van der Waals surface area (Å²) in [6, 6.07) is 5.46. The lowest BCUT2D eigenvalue weighted by Gasteiger charge is -2.19. The molecule has 26 heavy (non-hydrogen) atoms. The molecule has 0 saturated heterocycles. The lowest BCUT2D eigenvalue weighted by atomic mass is 10.1. The number of nitrogens with one attached hydrogen (secondary N) is 1. The van der Waals surface area contributed by atoms with Crippen LogP contribution in [0.2, 0.25) is 0 Å². The SMILES string of the molecule is CC(=O)OC1Cc2ccc(/C=C(/NC(=O)OC(C)(C)C)C(=O)O)cc2C1. The molecule has 0 spiro atoms. The van der Waals surface area contributed by atoms with E-state index in [0.717, 1.165) is 11.1 Å². The van der Waals surface area contributed by atoms with Crippen LogP contribution in [0.5, 0.6) is 0 Å². The van der Waals surface area contributed by atoms with Gasteiger partial charge in [-0.2, -0.15) is 0 Å². The summed E-state index contributed by atoms with van der Waals surface area (Å²) >= 11 is 0. The Morgan fingerprint density at radius 3 is 2.42 bits per heavy atom. The number of carboxylic acids is 1. The number of benzene rings is 1. The first-order valence-electron chi connectivity index (χ1n) is 8.27. The summed E-state index contributed by atoms with van der Waals surface area (Å²) in [6.45, 7) is 6.45. The van der Waals surface area contributed by atoms with E-state index in [0.29, 0.717) is 18.4 Å². The Morgan fingerprint density at radius 1 is 1.19 bits per heavy atom. The van der Waals surface area contributed by atoms with E-state index in [1.54, 1.807) is 26.8 Å². The molecule has 1 aliphatic carbocycles. The third-order valence-electron chi connectivity index (χ3n) is 3.64. The maximum atomic E-state index is 11.8. The minimum atomic E-state index is -1.27. The molecule has 2 rings (SSSR count). The number of hydrogen-bond donors (Lipinski definition) is 2. The highest BCUT2D eigenvalue weighted by Gasteiger charge is 2.24. The van der Waals surface area contributed by atoms with Crippen molar-refractivity contribution in [3.8, 4) is 0 Å². The first kappa shape index (κ1) is 19.5. The van der Waals surface area contributed by atoms with Gasteiger partial charge in [0, 0.05) is 19.8 Å². The number of ether oxygens (including phenoxy) is 2. The van der Waals surface area contributed by atoms with E-state index in [-0.39, 0.29) is 17.8 Å². The zero-order valence-electron chi connectivity index (χ0n) is 15.3. The molecule has 0 saturated carbocycles. The Labute approximate surface area is 152 Å². The normalized spacial score (nSPS) is 16.6. The molecule has 1 amide bonds. The van der Waals surface area contributed by atoms with E-state index < -0.39 is 17.7 Å². The molecule has 140 valence electrons. The number of carbonyl (C=O) groups excluding carboxylic acids is 2. The minimum Gasteiger partial charge on any atom is -0.477 e. The van der Waals surface area contributed by atoms with Crippen molar-refractivity contribution in [1.82, 2.24) is 5.32 Å². The first-order valence-corrected chi connectivity index (χ1v) is 8.27. The highest BCUT2D eigenvalue weighted by Crippen LogP contribution is 2.26. The second-order valence-corrected chi connectivity index (χ2v) is 7.16. The van der Waals surface area contributed by atoms with Crippen molar-refractivity contribution in [1.29, 1.82) is 0 Å². The van der Waals surface area contributed by atoms with Crippen molar-refractivity contribution in [3.63, 3.8) is 0 Å². The number of carbonyl (C=O) groups is 3. The Hall–Kier alpha value is -2.83. The molecule has 1 aliphatic rings. The fourth-order valence-corrected chi connectivity index (χ4v) is 2.74. The number of amides is 1. The van der Waals surface area contributed by atoms with Crippen LogP contribution in [0.15, 0.2) is 23.9 Å². The van der Waals surface area contributed by atoms with Crippen molar-refractivity contribution in [2.75, 3.05) is 0 Å². The van der Waals surface area contributed by atoms with E-state index in [9.17, 15) is 19.5 Å². The summed E-state index contributed by atoms with van der Waals surface area (Å²) in [5.74, 6) is -1.59. The van der Waals surface area contributed by atoms with Crippen LogP contribution in [-0.4, -0.2) is 34.8 Å². The van der Waals surface area contributed by atoms with Gasteiger partial charge >= 0.3 is 18.0 Å². The van der Waals surface area contributed by atoms with Crippen LogP contribution in [0.1, 0.15) is 44.4 Å². The molecule has 0 aliphatic heterocycles. The van der Waals surface area contributed by atoms with Crippen LogP contribution in [0.25, 0.3) is 6.08 Å². The molecular formula is C19H23NO6. The largest absolute Gasteiger partial charge is 0.477 e. The van der Waals surface area contributed by atoms with Crippen LogP contribution in [0.3, 0.4) is 0 Å². The van der Waals surface area contributed by atoms with Gasteiger partial charge in [0.2, 0.25) is 0 Å². The first-order chi connectivity index (χ1) is 12.0. The molecule has 1 unspecified atom stereocenters. The lowest BCUT2D eigenvalue weighted by molar-refractivity contribution is -0.145. The van der Waals surface area contributed by atoms with Crippen molar-refractivity contribution in [3.05, 3.63) is 40.6 Å². The third-order valence-corrected chi connectivity index (χ3v) is 3.64. The van der Waals surface area contributed by atoms with Gasteiger partial charge in [0.25, 0.3) is 0 Å². The Balaban J connectivity index is 2.15. The summed E-state index contributed by atoms with van der Waals surface area (Å²) < 4.78 is 10.3. The van der Waals surface area contributed by atoms with Crippen molar-refractivity contribution in [2.24, 2.45) is 0 Å². The number of aliphatic carboxylic acids is 1. The molecule has 1 atom stereocenters. The monoisotopic (exact) mass is 361 g/mol. The average molecular weight is 361 g/mol. The minimum absolute atomic E-state index is 0.194. The van der Waals surface area contributed by atoms with Crippen LogP contribution < -0.4 is 5.32 Å². The van der Waals surface area contributed by atoms with Gasteiger partial charge in [0.15, 0.2) is 0 Å². The standard InChI is InChI=1S/C19H23NO6/c1-11(21)25-15-9-13-6-5-12(7-14(13)10-15)8-16(17(22)23)20-18(24)26-19(2,3)4/h5-8,15H,9-10H2,1-4H3,(H,20,24)(H,22,23)/b16-8+. The van der Waals surface area contributed by atoms with Gasteiger partial charge < -0.3 is 14.6 Å². The quantitative estimate of drug-likeness (QED) is 0.631. The fraction of sp³-hybridized carbons (Fsp3) is 0.421. The van der Waals surface area contributed by atoms with Gasteiger partial charge in [-0.1, -0.05) is 18.2 Å². The molecule has 0 fully saturated rings. The van der Waals surface area contributed by atoms with Gasteiger partial charge in [-0.15, -0.1) is 0 Å². The predicted octanol–water partition coefficient (Wildman–Crippen LogP) is 2.67. The van der Waals surface area contributed by atoms with Gasteiger partial charge in [-0.25, -0.2) is 9.59 Å². The van der Waals surface area contributed by atoms with Gasteiger partial charge in [0.1, 0.15) is 17.4 Å². The predicted molar refractivity (Wildman–Crippen MR) is 94.4 cm³/mol. The van der Waals surface area contributed by atoms with Crippen LogP contribution in [0, 0.1) is 0 Å². The van der Waals surface area contributed by atoms with Crippen molar-refractivity contribution < 1.29 is 29.0 Å². The molecule has 0 bridgehead atoms. The molecule has 0 aromatic heterocycles. The summed E-state index contributed by atoms with van der Waals surface area (Å²) in [7, 11) is 0. The van der Waals surface area contributed by atoms with E-state index in [1.807, 2.05) is 12.1 Å². The van der Waals surface area contributed by atoms with Crippen LogP contribution in [0.4, 0.5) is 4.79 Å². The van der Waals surface area contributed by atoms with E-state index in [1.165, 1.54) is 13.0 Å². The zero-order chi connectivity index (χ0) is 19.5. The summed E-state index contributed by atoms with van der Waals surface area (Å²) in [6.07, 6.45) is 1.56. The molecule has 2 N–H and O–H groups in total. The number of carboxylic acid groups (broad SMARTS) is 1. The number of esters is 1.